The Labute approximate surface area is 63.7 Å². The van der Waals surface area contributed by atoms with Gasteiger partial charge in [-0.1, -0.05) is 0 Å². The predicted octanol–water partition coefficient (Wildman–Crippen LogP) is 0.494. The number of aromatic amines is 1. The Balaban J connectivity index is 3.33. The van der Waals surface area contributed by atoms with Gasteiger partial charge in [0.05, 0.1) is 6.20 Å². The molecule has 7 heteroatoms. The number of rotatable bonds is 0. The number of alkyl halides is 3. The van der Waals surface area contributed by atoms with Crippen LogP contribution >= 0.6 is 0 Å². The third-order valence-electron chi connectivity index (χ3n) is 1.08. The van der Waals surface area contributed by atoms with E-state index in [2.05, 4.69) is 4.98 Å². The Hall–Kier alpha value is -1.53. The van der Waals surface area contributed by atoms with Gasteiger partial charge in [0.25, 0.3) is 0 Å². The van der Waals surface area contributed by atoms with Gasteiger partial charge in [-0.05, 0) is 0 Å². The molecule has 0 saturated heterocycles. The predicted molar refractivity (Wildman–Crippen MR) is 31.5 cm³/mol. The van der Waals surface area contributed by atoms with Gasteiger partial charge in [0.1, 0.15) is 0 Å². The van der Waals surface area contributed by atoms with Gasteiger partial charge in [0, 0.05) is 0 Å². The molecule has 0 spiro atoms. The lowest BCUT2D eigenvalue weighted by atomic mass is 10.4. The van der Waals surface area contributed by atoms with Crippen LogP contribution in [0.3, 0.4) is 0 Å². The van der Waals surface area contributed by atoms with Gasteiger partial charge in [-0.3, -0.25) is 4.98 Å². The summed E-state index contributed by atoms with van der Waals surface area (Å²) < 4.78 is 35.6. The zero-order valence-corrected chi connectivity index (χ0v) is 5.51. The normalized spacial score (nSPS) is 11.6. The molecule has 1 rings (SSSR count). The minimum atomic E-state index is -4.77. The van der Waals surface area contributed by atoms with E-state index in [1.165, 1.54) is 4.98 Å². The first-order valence-corrected chi connectivity index (χ1v) is 2.77. The van der Waals surface area contributed by atoms with Gasteiger partial charge in [-0.15, -0.1) is 0 Å². The highest BCUT2D eigenvalue weighted by atomic mass is 19.4. The Morgan fingerprint density at radius 1 is 1.50 bits per heavy atom. The summed E-state index contributed by atoms with van der Waals surface area (Å²) in [4.78, 5) is 14.6. The molecule has 0 aromatic carbocycles. The van der Waals surface area contributed by atoms with E-state index >= 15 is 0 Å². The first-order valence-electron chi connectivity index (χ1n) is 2.77. The molecule has 0 unspecified atom stereocenters. The number of aromatic nitrogens is 2. The molecular formula is C5H3F3N2O2. The SMILES string of the molecule is O=c1ncc(O)c(C(F)(F)F)[nH]1. The van der Waals surface area contributed by atoms with Crippen molar-refractivity contribution in [1.82, 2.24) is 9.97 Å². The maximum Gasteiger partial charge on any atom is 0.435 e. The third kappa shape index (κ3) is 1.55. The van der Waals surface area contributed by atoms with E-state index in [9.17, 15) is 18.0 Å². The van der Waals surface area contributed by atoms with Gasteiger partial charge < -0.3 is 5.11 Å². The van der Waals surface area contributed by atoms with Crippen LogP contribution in [0.15, 0.2) is 11.0 Å². The molecule has 2 N–H and O–H groups in total. The molecule has 0 atom stereocenters. The summed E-state index contributed by atoms with van der Waals surface area (Å²) >= 11 is 0. The molecule has 0 aliphatic rings. The van der Waals surface area contributed by atoms with Gasteiger partial charge in [-0.2, -0.15) is 18.2 Å². The van der Waals surface area contributed by atoms with Gasteiger partial charge in [0.15, 0.2) is 11.4 Å². The number of nitrogens with one attached hydrogen (secondary N) is 1. The summed E-state index contributed by atoms with van der Waals surface area (Å²) in [6.07, 6.45) is -4.33. The zero-order chi connectivity index (χ0) is 9.35. The average Bonchev–Trinajstić information content (AvgIpc) is 1.92. The molecule has 1 heterocycles. The summed E-state index contributed by atoms with van der Waals surface area (Å²) in [6.45, 7) is 0. The maximum absolute atomic E-state index is 11.9. The van der Waals surface area contributed by atoms with Crippen LogP contribution < -0.4 is 5.69 Å². The zero-order valence-electron chi connectivity index (χ0n) is 5.51. The van der Waals surface area contributed by atoms with Crippen LogP contribution in [0.2, 0.25) is 0 Å². The minimum Gasteiger partial charge on any atom is -0.504 e. The topological polar surface area (TPSA) is 66.0 Å². The van der Waals surface area contributed by atoms with Crippen molar-refractivity contribution in [3.8, 4) is 5.75 Å². The maximum atomic E-state index is 11.9. The average molecular weight is 180 g/mol. The van der Waals surface area contributed by atoms with E-state index in [0.717, 1.165) is 0 Å². The molecule has 66 valence electrons. The lowest BCUT2D eigenvalue weighted by Gasteiger charge is -2.06. The van der Waals surface area contributed by atoms with Crippen LogP contribution in [-0.2, 0) is 6.18 Å². The molecule has 0 bridgehead atoms. The summed E-state index contributed by atoms with van der Waals surface area (Å²) in [7, 11) is 0. The smallest absolute Gasteiger partial charge is 0.435 e. The van der Waals surface area contributed by atoms with Crippen LogP contribution in [0, 0.1) is 0 Å². The third-order valence-corrected chi connectivity index (χ3v) is 1.08. The van der Waals surface area contributed by atoms with Gasteiger partial charge in [0.2, 0.25) is 0 Å². The van der Waals surface area contributed by atoms with Gasteiger partial charge >= 0.3 is 11.9 Å². The number of aromatic hydroxyl groups is 1. The summed E-state index contributed by atoms with van der Waals surface area (Å²) in [5.74, 6) is -1.10. The molecular weight excluding hydrogens is 177 g/mol. The van der Waals surface area contributed by atoms with Crippen LogP contribution in [0.25, 0.3) is 0 Å². The summed E-state index contributed by atoms with van der Waals surface area (Å²) in [5.41, 5.74) is -2.64. The van der Waals surface area contributed by atoms with E-state index in [4.69, 9.17) is 5.11 Å². The molecule has 1 aromatic rings. The molecule has 0 aliphatic heterocycles. The van der Waals surface area contributed by atoms with Crippen LogP contribution in [0.5, 0.6) is 5.75 Å². The van der Waals surface area contributed by atoms with E-state index in [1.54, 1.807) is 0 Å². The molecule has 0 amide bonds. The summed E-state index contributed by atoms with van der Waals surface area (Å²) in [5, 5.41) is 8.62. The molecule has 0 radical (unpaired) electrons. The van der Waals surface area contributed by atoms with E-state index in [0.29, 0.717) is 6.20 Å². The second-order valence-electron chi connectivity index (χ2n) is 1.95. The fourth-order valence-corrected chi connectivity index (χ4v) is 0.604. The highest BCUT2D eigenvalue weighted by Crippen LogP contribution is 2.31. The first kappa shape index (κ1) is 8.57. The van der Waals surface area contributed by atoms with Crippen molar-refractivity contribution in [2.75, 3.05) is 0 Å². The number of hydrogen-bond donors (Lipinski definition) is 2. The van der Waals surface area contributed by atoms with Crippen molar-refractivity contribution in [3.63, 3.8) is 0 Å². The van der Waals surface area contributed by atoms with Crippen LogP contribution in [0.4, 0.5) is 13.2 Å². The highest BCUT2D eigenvalue weighted by Gasteiger charge is 2.35. The monoisotopic (exact) mass is 180 g/mol. The molecule has 12 heavy (non-hydrogen) atoms. The highest BCUT2D eigenvalue weighted by molar-refractivity contribution is 5.23. The second kappa shape index (κ2) is 2.50. The van der Waals surface area contributed by atoms with Crippen LogP contribution in [0.1, 0.15) is 5.69 Å². The van der Waals surface area contributed by atoms with Crippen molar-refractivity contribution in [2.24, 2.45) is 0 Å². The van der Waals surface area contributed by atoms with E-state index < -0.39 is 23.3 Å². The second-order valence-corrected chi connectivity index (χ2v) is 1.95. The van der Waals surface area contributed by atoms with Crippen molar-refractivity contribution in [1.29, 1.82) is 0 Å². The number of nitrogens with zero attached hydrogens (tertiary/aromatic N) is 1. The van der Waals surface area contributed by atoms with Crippen molar-refractivity contribution >= 4 is 0 Å². The number of hydrogen-bond acceptors (Lipinski definition) is 3. The van der Waals surface area contributed by atoms with Crippen molar-refractivity contribution < 1.29 is 18.3 Å². The Morgan fingerprint density at radius 3 is 2.50 bits per heavy atom. The fourth-order valence-electron chi connectivity index (χ4n) is 0.604. The molecule has 1 aromatic heterocycles. The summed E-state index contributed by atoms with van der Waals surface area (Å²) in [6, 6.07) is 0. The van der Waals surface area contributed by atoms with E-state index in [1.807, 2.05) is 0 Å². The molecule has 4 nitrogen and oxygen atoms in total. The quantitative estimate of drug-likeness (QED) is 0.610. The number of H-pyrrole nitrogens is 1. The van der Waals surface area contributed by atoms with Gasteiger partial charge in [-0.25, -0.2) is 4.79 Å². The van der Waals surface area contributed by atoms with Crippen molar-refractivity contribution in [3.05, 3.63) is 22.4 Å². The molecule has 0 aliphatic carbocycles. The fraction of sp³-hybridized carbons (Fsp3) is 0.200. The standard InChI is InChI=1S/C5H3F3N2O2/c6-5(7,8)3-2(11)1-9-4(12)10-3/h1,11H,(H,9,10,12). The van der Waals surface area contributed by atoms with Crippen molar-refractivity contribution in [2.45, 2.75) is 6.18 Å². The first-order chi connectivity index (χ1) is 5.41. The largest absolute Gasteiger partial charge is 0.504 e. The molecule has 0 fully saturated rings. The lowest BCUT2D eigenvalue weighted by molar-refractivity contribution is -0.142. The minimum absolute atomic E-state index is 0.446. The van der Waals surface area contributed by atoms with E-state index in [-0.39, 0.29) is 0 Å². The Bertz CT molecular complexity index is 343. The Morgan fingerprint density at radius 2 is 2.08 bits per heavy atom. The molecule has 0 saturated carbocycles. The Kier molecular flexibility index (Phi) is 1.79. The van der Waals surface area contributed by atoms with Crippen LogP contribution in [-0.4, -0.2) is 15.1 Å². The number of halogens is 3. The lowest BCUT2D eigenvalue weighted by Crippen LogP contribution is -2.18.